The van der Waals surface area contributed by atoms with Gasteiger partial charge in [0.15, 0.2) is 0 Å². The summed E-state index contributed by atoms with van der Waals surface area (Å²) in [6, 6.07) is 9.99. The molecule has 1 aromatic carbocycles. The number of carbonyl (C=O) groups excluding carboxylic acids is 1. The van der Waals surface area contributed by atoms with E-state index >= 15 is 0 Å². The van der Waals surface area contributed by atoms with Crippen molar-refractivity contribution in [2.45, 2.75) is 30.1 Å². The highest BCUT2D eigenvalue weighted by Crippen LogP contribution is 2.46. The van der Waals surface area contributed by atoms with Crippen LogP contribution in [0.5, 0.6) is 0 Å². The number of hydrogen-bond acceptors (Lipinski definition) is 4. The molecule has 1 spiro atoms. The molecular formula is C21H26N2O3S. The number of carbonyl (C=O) groups is 1. The number of H-pyrrole nitrogens is 1. The number of nitrogens with zero attached hydrogens (tertiary/aromatic N) is 1. The van der Waals surface area contributed by atoms with Gasteiger partial charge in [0, 0.05) is 49.6 Å². The molecule has 144 valence electrons. The molecule has 1 aromatic heterocycles. The van der Waals surface area contributed by atoms with Crippen molar-refractivity contribution < 1.29 is 14.3 Å². The fourth-order valence-electron chi connectivity index (χ4n) is 4.47. The van der Waals surface area contributed by atoms with Crippen LogP contribution in [0.3, 0.4) is 0 Å². The van der Waals surface area contributed by atoms with Crippen LogP contribution in [0.2, 0.25) is 0 Å². The average Bonchev–Trinajstić information content (AvgIpc) is 3.30. The summed E-state index contributed by atoms with van der Waals surface area (Å²) in [5.41, 5.74) is 1.72. The van der Waals surface area contributed by atoms with Gasteiger partial charge in [-0.15, -0.1) is 11.8 Å². The standard InChI is InChI=1S/C21H26N2O3S/c24-20(19-9-16-3-1-2-4-18(16)22-19)23-13-21(14-23)10-17(12-27-21)26-11-15-5-7-25-8-6-15/h1-4,9,15,17,22H,5-8,10-14H2/t17-/m1/s1. The number of para-hydroxylation sites is 1. The lowest BCUT2D eigenvalue weighted by Gasteiger charge is -2.47. The minimum atomic E-state index is 0.115. The van der Waals surface area contributed by atoms with Crippen molar-refractivity contribution in [2.75, 3.05) is 38.7 Å². The number of nitrogens with one attached hydrogen (secondary N) is 1. The Morgan fingerprint density at radius 3 is 2.93 bits per heavy atom. The Hall–Kier alpha value is -1.50. The molecule has 3 fully saturated rings. The summed E-state index contributed by atoms with van der Waals surface area (Å²) in [5.74, 6) is 1.82. The maximum atomic E-state index is 12.8. The van der Waals surface area contributed by atoms with E-state index in [-0.39, 0.29) is 10.7 Å². The van der Waals surface area contributed by atoms with Crippen LogP contribution >= 0.6 is 11.8 Å². The molecule has 6 heteroatoms. The smallest absolute Gasteiger partial charge is 0.270 e. The van der Waals surface area contributed by atoms with Gasteiger partial charge in [-0.1, -0.05) is 18.2 Å². The van der Waals surface area contributed by atoms with Crippen molar-refractivity contribution in [1.29, 1.82) is 0 Å². The zero-order valence-electron chi connectivity index (χ0n) is 15.5. The van der Waals surface area contributed by atoms with Gasteiger partial charge in [-0.2, -0.15) is 0 Å². The van der Waals surface area contributed by atoms with E-state index in [1.54, 1.807) is 0 Å². The third kappa shape index (κ3) is 3.50. The quantitative estimate of drug-likeness (QED) is 0.876. The molecular weight excluding hydrogens is 360 g/mol. The summed E-state index contributed by atoms with van der Waals surface area (Å²) < 4.78 is 11.8. The number of benzene rings is 1. The van der Waals surface area contributed by atoms with Gasteiger partial charge in [0.2, 0.25) is 0 Å². The number of aromatic nitrogens is 1. The van der Waals surface area contributed by atoms with Gasteiger partial charge in [0.05, 0.1) is 10.9 Å². The minimum Gasteiger partial charge on any atom is -0.381 e. The summed E-state index contributed by atoms with van der Waals surface area (Å²) in [5, 5.41) is 1.09. The van der Waals surface area contributed by atoms with E-state index in [9.17, 15) is 4.79 Å². The van der Waals surface area contributed by atoms with Crippen molar-refractivity contribution in [3.05, 3.63) is 36.0 Å². The predicted molar refractivity (Wildman–Crippen MR) is 107 cm³/mol. The summed E-state index contributed by atoms with van der Waals surface area (Å²) in [4.78, 5) is 18.0. The maximum Gasteiger partial charge on any atom is 0.270 e. The van der Waals surface area contributed by atoms with E-state index in [0.29, 0.717) is 17.7 Å². The van der Waals surface area contributed by atoms with E-state index < -0.39 is 0 Å². The first kappa shape index (κ1) is 17.6. The second kappa shape index (κ2) is 7.15. The Labute approximate surface area is 163 Å². The first-order valence-electron chi connectivity index (χ1n) is 9.91. The van der Waals surface area contributed by atoms with Crippen LogP contribution in [0.4, 0.5) is 0 Å². The zero-order valence-corrected chi connectivity index (χ0v) is 16.3. The highest BCUT2D eigenvalue weighted by atomic mass is 32.2. The fourth-order valence-corrected chi connectivity index (χ4v) is 6.02. The van der Waals surface area contributed by atoms with Crippen molar-refractivity contribution >= 4 is 28.6 Å². The van der Waals surface area contributed by atoms with E-state index in [1.807, 2.05) is 47.0 Å². The lowest BCUT2D eigenvalue weighted by atomic mass is 9.92. The normalized spacial score (nSPS) is 25.2. The van der Waals surface area contributed by atoms with Crippen LogP contribution in [-0.4, -0.2) is 65.3 Å². The number of likely N-dealkylation sites (tertiary alicyclic amines) is 1. The second-order valence-electron chi connectivity index (χ2n) is 8.14. The number of ether oxygens (including phenoxy) is 2. The Morgan fingerprint density at radius 2 is 2.11 bits per heavy atom. The van der Waals surface area contributed by atoms with Gasteiger partial charge in [0.25, 0.3) is 5.91 Å². The van der Waals surface area contributed by atoms with Crippen LogP contribution in [0.1, 0.15) is 29.8 Å². The van der Waals surface area contributed by atoms with Gasteiger partial charge in [-0.05, 0) is 37.3 Å². The fraction of sp³-hybridized carbons (Fsp3) is 0.571. The average molecular weight is 387 g/mol. The van der Waals surface area contributed by atoms with Crippen LogP contribution in [0.15, 0.2) is 30.3 Å². The third-order valence-electron chi connectivity index (χ3n) is 6.09. The monoisotopic (exact) mass is 386 g/mol. The summed E-state index contributed by atoms with van der Waals surface area (Å²) in [6.45, 7) is 4.29. The Kier molecular flexibility index (Phi) is 4.66. The number of thioether (sulfide) groups is 1. The zero-order chi connectivity index (χ0) is 18.3. The number of rotatable bonds is 4. The molecule has 5 nitrogen and oxygen atoms in total. The van der Waals surface area contributed by atoms with E-state index in [2.05, 4.69) is 4.98 Å². The number of aromatic amines is 1. The van der Waals surface area contributed by atoms with Crippen LogP contribution in [0, 0.1) is 5.92 Å². The van der Waals surface area contributed by atoms with E-state index in [0.717, 1.165) is 68.8 Å². The lowest BCUT2D eigenvalue weighted by molar-refractivity contribution is -0.0118. The SMILES string of the molecule is O=C(c1cc2ccccc2[nH]1)N1CC2(C[C@@H](OCC3CCOCC3)CS2)C1. The van der Waals surface area contributed by atoms with Gasteiger partial charge in [-0.3, -0.25) is 4.79 Å². The van der Waals surface area contributed by atoms with Gasteiger partial charge < -0.3 is 19.4 Å². The Bertz CT molecular complexity index is 791. The van der Waals surface area contributed by atoms with Crippen molar-refractivity contribution in [1.82, 2.24) is 9.88 Å². The van der Waals surface area contributed by atoms with Crippen LogP contribution in [-0.2, 0) is 9.47 Å². The lowest BCUT2D eigenvalue weighted by Crippen LogP contribution is -2.60. The van der Waals surface area contributed by atoms with Gasteiger partial charge >= 0.3 is 0 Å². The molecule has 3 aliphatic heterocycles. The minimum absolute atomic E-state index is 0.115. The maximum absolute atomic E-state index is 12.8. The predicted octanol–water partition coefficient (Wildman–Crippen LogP) is 3.31. The first-order chi connectivity index (χ1) is 13.2. The molecule has 5 rings (SSSR count). The molecule has 0 aliphatic carbocycles. The first-order valence-corrected chi connectivity index (χ1v) is 10.9. The third-order valence-corrected chi connectivity index (χ3v) is 7.66. The highest BCUT2D eigenvalue weighted by Gasteiger charge is 2.51. The summed E-state index contributed by atoms with van der Waals surface area (Å²) in [7, 11) is 0. The molecule has 0 radical (unpaired) electrons. The second-order valence-corrected chi connectivity index (χ2v) is 9.63. The van der Waals surface area contributed by atoms with Gasteiger partial charge in [0.1, 0.15) is 5.69 Å². The van der Waals surface area contributed by atoms with Crippen molar-refractivity contribution in [2.24, 2.45) is 5.92 Å². The molecule has 3 aliphatic rings. The Morgan fingerprint density at radius 1 is 1.30 bits per heavy atom. The topological polar surface area (TPSA) is 54.6 Å². The summed E-state index contributed by atoms with van der Waals surface area (Å²) in [6.07, 6.45) is 3.65. The highest BCUT2D eigenvalue weighted by molar-refractivity contribution is 8.01. The molecule has 0 unspecified atom stereocenters. The Balaban J connectivity index is 1.14. The van der Waals surface area contributed by atoms with Crippen LogP contribution < -0.4 is 0 Å². The molecule has 1 N–H and O–H groups in total. The summed E-state index contributed by atoms with van der Waals surface area (Å²) >= 11 is 1.99. The molecule has 2 aromatic rings. The van der Waals surface area contributed by atoms with E-state index in [4.69, 9.17) is 9.47 Å². The van der Waals surface area contributed by atoms with Crippen LogP contribution in [0.25, 0.3) is 10.9 Å². The molecule has 4 heterocycles. The molecule has 0 saturated carbocycles. The van der Waals surface area contributed by atoms with E-state index in [1.165, 1.54) is 0 Å². The largest absolute Gasteiger partial charge is 0.381 e. The number of amides is 1. The molecule has 27 heavy (non-hydrogen) atoms. The number of fused-ring (bicyclic) bond motifs is 1. The molecule has 1 atom stereocenters. The molecule has 0 bridgehead atoms. The number of hydrogen-bond donors (Lipinski definition) is 1. The van der Waals surface area contributed by atoms with Crippen molar-refractivity contribution in [3.63, 3.8) is 0 Å². The molecule has 3 saturated heterocycles. The van der Waals surface area contributed by atoms with Gasteiger partial charge in [-0.25, -0.2) is 0 Å². The molecule has 1 amide bonds. The van der Waals surface area contributed by atoms with Crippen molar-refractivity contribution in [3.8, 4) is 0 Å².